The maximum atomic E-state index is 13.3. The number of hydrogen-bond donors (Lipinski definition) is 2. The predicted molar refractivity (Wildman–Crippen MR) is 127 cm³/mol. The number of carbonyl (C=O) groups excluding carboxylic acids is 2. The maximum absolute atomic E-state index is 13.3. The van der Waals surface area contributed by atoms with Crippen LogP contribution in [0.25, 0.3) is 5.76 Å². The van der Waals surface area contributed by atoms with E-state index in [9.17, 15) is 19.8 Å². The van der Waals surface area contributed by atoms with Gasteiger partial charge in [-0.25, -0.2) is 0 Å². The molecule has 2 N–H and O–H groups in total. The largest absolute Gasteiger partial charge is 0.508 e. The summed E-state index contributed by atoms with van der Waals surface area (Å²) >= 11 is 0. The number of aliphatic hydroxyl groups is 1. The average Bonchev–Trinajstić information content (AvgIpc) is 3.13. The van der Waals surface area contributed by atoms with Crippen molar-refractivity contribution in [3.8, 4) is 11.8 Å². The molecule has 3 aromatic rings. The van der Waals surface area contributed by atoms with Crippen molar-refractivity contribution in [1.29, 1.82) is 5.26 Å². The van der Waals surface area contributed by atoms with Crippen LogP contribution in [0.2, 0.25) is 0 Å². The SMILES string of the molecule is N#Cc1ccc(N2C(=O)C(=O)/C(=C(\O)c3ccc4c(c3)CCCC4)C2c2cccc(O)c2)cc1. The molecule has 1 amide bonds. The van der Waals surface area contributed by atoms with Crippen molar-refractivity contribution in [3.05, 3.63) is 100 Å². The van der Waals surface area contributed by atoms with E-state index in [2.05, 4.69) is 0 Å². The molecule has 0 bridgehead atoms. The standard InChI is InChI=1S/C28H22N2O4/c29-16-17-8-12-22(13-9-17)30-25(20-6-3-7-23(31)15-20)24(27(33)28(30)34)26(32)21-11-10-18-4-1-2-5-19(18)14-21/h3,6-15,25,31-32H,1-2,4-5H2/b26-24-. The van der Waals surface area contributed by atoms with Crippen molar-refractivity contribution in [2.24, 2.45) is 0 Å². The number of rotatable bonds is 3. The van der Waals surface area contributed by atoms with Gasteiger partial charge in [0, 0.05) is 11.3 Å². The predicted octanol–water partition coefficient (Wildman–Crippen LogP) is 4.77. The Labute approximate surface area is 197 Å². The molecule has 34 heavy (non-hydrogen) atoms. The number of carbonyl (C=O) groups is 2. The van der Waals surface area contributed by atoms with Crippen LogP contribution in [0.5, 0.6) is 5.75 Å². The number of nitriles is 1. The topological polar surface area (TPSA) is 102 Å². The number of hydrogen-bond acceptors (Lipinski definition) is 5. The van der Waals surface area contributed by atoms with Gasteiger partial charge in [-0.2, -0.15) is 5.26 Å². The zero-order valence-electron chi connectivity index (χ0n) is 18.4. The highest BCUT2D eigenvalue weighted by atomic mass is 16.3. The van der Waals surface area contributed by atoms with Gasteiger partial charge in [0.15, 0.2) is 0 Å². The summed E-state index contributed by atoms with van der Waals surface area (Å²) in [6.07, 6.45) is 4.10. The van der Waals surface area contributed by atoms with E-state index in [0.717, 1.165) is 31.2 Å². The molecule has 6 heteroatoms. The van der Waals surface area contributed by atoms with Crippen LogP contribution >= 0.6 is 0 Å². The summed E-state index contributed by atoms with van der Waals surface area (Å²) < 4.78 is 0. The highest BCUT2D eigenvalue weighted by molar-refractivity contribution is 6.51. The minimum absolute atomic E-state index is 0.0169. The van der Waals surface area contributed by atoms with Crippen molar-refractivity contribution in [3.63, 3.8) is 0 Å². The Morgan fingerprint density at radius 2 is 1.68 bits per heavy atom. The molecular formula is C28H22N2O4. The van der Waals surface area contributed by atoms with Crippen LogP contribution in [0.1, 0.15) is 46.7 Å². The number of phenols is 1. The van der Waals surface area contributed by atoms with Gasteiger partial charge in [-0.15, -0.1) is 0 Å². The second-order valence-corrected chi connectivity index (χ2v) is 8.61. The van der Waals surface area contributed by atoms with Crippen molar-refractivity contribution in [2.75, 3.05) is 4.90 Å². The monoisotopic (exact) mass is 450 g/mol. The fourth-order valence-corrected chi connectivity index (χ4v) is 4.84. The second-order valence-electron chi connectivity index (χ2n) is 8.61. The number of benzene rings is 3. The zero-order chi connectivity index (χ0) is 23.8. The third kappa shape index (κ3) is 3.61. The first-order valence-corrected chi connectivity index (χ1v) is 11.2. The van der Waals surface area contributed by atoms with Crippen molar-refractivity contribution in [2.45, 2.75) is 31.7 Å². The molecule has 2 aliphatic rings. The van der Waals surface area contributed by atoms with Crippen LogP contribution in [0.4, 0.5) is 5.69 Å². The molecule has 6 nitrogen and oxygen atoms in total. The van der Waals surface area contributed by atoms with Crippen LogP contribution in [0, 0.1) is 11.3 Å². The molecule has 1 atom stereocenters. The van der Waals surface area contributed by atoms with E-state index in [1.54, 1.807) is 42.5 Å². The molecule has 1 aliphatic heterocycles. The quantitative estimate of drug-likeness (QED) is 0.340. The number of phenolic OH excluding ortho intramolecular Hbond substituents is 1. The number of Topliss-reactive ketones (excluding diaryl/α,β-unsaturated/α-hetero) is 1. The lowest BCUT2D eigenvalue weighted by Gasteiger charge is -2.25. The Kier molecular flexibility index (Phi) is 5.39. The number of ketones is 1. The van der Waals surface area contributed by atoms with Gasteiger partial charge in [0.25, 0.3) is 11.7 Å². The molecule has 0 spiro atoms. The molecule has 3 aromatic carbocycles. The summed E-state index contributed by atoms with van der Waals surface area (Å²) in [5, 5.41) is 30.6. The summed E-state index contributed by atoms with van der Waals surface area (Å²) in [6, 6.07) is 19.4. The van der Waals surface area contributed by atoms with E-state index in [4.69, 9.17) is 5.26 Å². The summed E-state index contributed by atoms with van der Waals surface area (Å²) in [7, 11) is 0. The van der Waals surface area contributed by atoms with Crippen molar-refractivity contribution < 1.29 is 19.8 Å². The van der Waals surface area contributed by atoms with Gasteiger partial charge in [-0.05, 0) is 84.8 Å². The number of aromatic hydroxyl groups is 1. The fourth-order valence-electron chi connectivity index (χ4n) is 4.84. The summed E-state index contributed by atoms with van der Waals surface area (Å²) in [6.45, 7) is 0. The maximum Gasteiger partial charge on any atom is 0.300 e. The lowest BCUT2D eigenvalue weighted by molar-refractivity contribution is -0.132. The second kappa shape index (κ2) is 8.53. The van der Waals surface area contributed by atoms with Crippen LogP contribution < -0.4 is 4.90 Å². The van der Waals surface area contributed by atoms with Gasteiger partial charge >= 0.3 is 0 Å². The Balaban J connectivity index is 1.69. The fraction of sp³-hybridized carbons (Fsp3) is 0.179. The van der Waals surface area contributed by atoms with Gasteiger partial charge < -0.3 is 10.2 Å². The van der Waals surface area contributed by atoms with E-state index >= 15 is 0 Å². The Hall–Kier alpha value is -4.37. The molecule has 1 aliphatic carbocycles. The number of amides is 1. The normalized spacial score (nSPS) is 19.0. The third-order valence-corrected chi connectivity index (χ3v) is 6.53. The smallest absolute Gasteiger partial charge is 0.300 e. The van der Waals surface area contributed by atoms with E-state index in [0.29, 0.717) is 22.4 Å². The minimum atomic E-state index is -0.934. The molecular weight excluding hydrogens is 428 g/mol. The molecule has 168 valence electrons. The molecule has 1 saturated heterocycles. The Morgan fingerprint density at radius 1 is 0.941 bits per heavy atom. The number of aliphatic hydroxyl groups excluding tert-OH is 1. The van der Waals surface area contributed by atoms with Crippen LogP contribution in [-0.4, -0.2) is 21.9 Å². The molecule has 1 heterocycles. The van der Waals surface area contributed by atoms with Crippen molar-refractivity contribution in [1.82, 2.24) is 0 Å². The third-order valence-electron chi connectivity index (χ3n) is 6.53. The molecule has 0 aromatic heterocycles. The number of nitrogens with zero attached hydrogens (tertiary/aromatic N) is 2. The van der Waals surface area contributed by atoms with E-state index in [-0.39, 0.29) is 17.1 Å². The van der Waals surface area contributed by atoms with Crippen molar-refractivity contribution >= 4 is 23.1 Å². The lowest BCUT2D eigenvalue weighted by atomic mass is 9.88. The van der Waals surface area contributed by atoms with E-state index in [1.807, 2.05) is 18.2 Å². The first kappa shape index (κ1) is 21.5. The molecule has 0 radical (unpaired) electrons. The molecule has 1 fully saturated rings. The first-order chi connectivity index (χ1) is 16.5. The van der Waals surface area contributed by atoms with E-state index < -0.39 is 17.7 Å². The number of anilines is 1. The van der Waals surface area contributed by atoms with Gasteiger partial charge in [-0.3, -0.25) is 14.5 Å². The summed E-state index contributed by atoms with van der Waals surface area (Å²) in [5.41, 5.74) is 4.17. The molecule has 0 saturated carbocycles. The number of fused-ring (bicyclic) bond motifs is 1. The number of aryl methyl sites for hydroxylation is 2. The van der Waals surface area contributed by atoms with Crippen LogP contribution in [-0.2, 0) is 22.4 Å². The minimum Gasteiger partial charge on any atom is -0.508 e. The highest BCUT2D eigenvalue weighted by Gasteiger charge is 2.47. The van der Waals surface area contributed by atoms with Crippen LogP contribution in [0.3, 0.4) is 0 Å². The summed E-state index contributed by atoms with van der Waals surface area (Å²) in [5.74, 6) is -1.83. The molecule has 5 rings (SSSR count). The van der Waals surface area contributed by atoms with E-state index in [1.165, 1.54) is 22.6 Å². The summed E-state index contributed by atoms with van der Waals surface area (Å²) in [4.78, 5) is 27.8. The van der Waals surface area contributed by atoms with Crippen LogP contribution in [0.15, 0.2) is 72.3 Å². The van der Waals surface area contributed by atoms with Gasteiger partial charge in [0.05, 0.1) is 23.2 Å². The van der Waals surface area contributed by atoms with Gasteiger partial charge in [0.2, 0.25) is 0 Å². The zero-order valence-corrected chi connectivity index (χ0v) is 18.4. The highest BCUT2D eigenvalue weighted by Crippen LogP contribution is 2.43. The Morgan fingerprint density at radius 3 is 2.38 bits per heavy atom. The molecule has 1 unspecified atom stereocenters. The first-order valence-electron chi connectivity index (χ1n) is 11.2. The van der Waals surface area contributed by atoms with Gasteiger partial charge in [0.1, 0.15) is 11.5 Å². The lowest BCUT2D eigenvalue weighted by Crippen LogP contribution is -2.29. The Bertz CT molecular complexity index is 1380. The average molecular weight is 450 g/mol. The van der Waals surface area contributed by atoms with Gasteiger partial charge in [-0.1, -0.05) is 24.3 Å².